The predicted octanol–water partition coefficient (Wildman–Crippen LogP) is 17.0. The molecule has 0 bridgehead atoms. The highest BCUT2D eigenvalue weighted by Gasteiger charge is 2.40. The van der Waals surface area contributed by atoms with Crippen molar-refractivity contribution in [1.82, 2.24) is 0 Å². The Morgan fingerprint density at radius 3 is 1.28 bits per heavy atom. The van der Waals surface area contributed by atoms with E-state index in [1.807, 2.05) is 0 Å². The van der Waals surface area contributed by atoms with Crippen LogP contribution in [0, 0.1) is 0 Å². The Morgan fingerprint density at radius 2 is 0.770 bits per heavy atom. The summed E-state index contributed by atoms with van der Waals surface area (Å²) in [6.45, 7) is 18.6. The van der Waals surface area contributed by atoms with E-state index in [0.29, 0.717) is 0 Å². The van der Waals surface area contributed by atoms with Gasteiger partial charge in [-0.2, -0.15) is 0 Å². The number of anilines is 6. The van der Waals surface area contributed by atoms with Gasteiger partial charge in [-0.05, 0) is 126 Å². The molecule has 1 aliphatic carbocycles. The van der Waals surface area contributed by atoms with Crippen molar-refractivity contribution in [3.63, 3.8) is 0 Å². The number of hydrogen-bond acceptors (Lipinski definition) is 2. The SMILES string of the molecule is CC(C)(C)c1ccc(N(c2ccccc2)c2cc3c(c4ccccc24)-c2c(cc(N(c4ccccc4)c4ccc(C(C)(C)C)cc4)c4ccc5ccccc5c24)C3(C)C)cc1. The molecule has 61 heavy (non-hydrogen) atoms. The fraction of sp³-hybridized carbons (Fsp3) is 0.186. The van der Waals surface area contributed by atoms with Crippen molar-refractivity contribution < 1.29 is 0 Å². The average Bonchev–Trinajstić information content (AvgIpc) is 3.49. The first-order valence-corrected chi connectivity index (χ1v) is 21.8. The monoisotopic (exact) mass is 790 g/mol. The normalized spacial score (nSPS) is 13.4. The third kappa shape index (κ3) is 6.39. The molecule has 0 saturated heterocycles. The van der Waals surface area contributed by atoms with E-state index in [-0.39, 0.29) is 16.2 Å². The highest BCUT2D eigenvalue weighted by atomic mass is 15.1. The van der Waals surface area contributed by atoms with Crippen LogP contribution in [0.25, 0.3) is 43.4 Å². The van der Waals surface area contributed by atoms with Crippen LogP contribution in [0.15, 0.2) is 182 Å². The summed E-state index contributed by atoms with van der Waals surface area (Å²) < 4.78 is 0. The van der Waals surface area contributed by atoms with Crippen LogP contribution in [0.3, 0.4) is 0 Å². The van der Waals surface area contributed by atoms with Gasteiger partial charge in [0, 0.05) is 38.9 Å². The van der Waals surface area contributed by atoms with Gasteiger partial charge in [0.1, 0.15) is 0 Å². The molecule has 0 unspecified atom stereocenters. The number of fused-ring (bicyclic) bond motifs is 9. The third-order valence-electron chi connectivity index (χ3n) is 13.1. The van der Waals surface area contributed by atoms with Gasteiger partial charge in [0.2, 0.25) is 0 Å². The molecule has 0 heterocycles. The fourth-order valence-corrected chi connectivity index (χ4v) is 9.79. The molecule has 0 amide bonds. The molecule has 0 aromatic heterocycles. The van der Waals surface area contributed by atoms with E-state index in [1.165, 1.54) is 77.1 Å². The lowest BCUT2D eigenvalue weighted by Gasteiger charge is -2.31. The van der Waals surface area contributed by atoms with Crippen LogP contribution < -0.4 is 9.80 Å². The summed E-state index contributed by atoms with van der Waals surface area (Å²) in [6.07, 6.45) is 0. The van der Waals surface area contributed by atoms with Crippen LogP contribution in [0.2, 0.25) is 0 Å². The fourth-order valence-electron chi connectivity index (χ4n) is 9.79. The van der Waals surface area contributed by atoms with Crippen molar-refractivity contribution >= 4 is 66.4 Å². The number of rotatable bonds is 6. The largest absolute Gasteiger partial charge is 0.310 e. The molecule has 2 nitrogen and oxygen atoms in total. The molecule has 0 atom stereocenters. The molecule has 10 rings (SSSR count). The standard InChI is InChI=1S/C59H54N2/c1-57(2,3)40-28-32-44(33-29-40)60(42-20-11-9-12-21-42)52-37-50-55(48-26-18-17-25-47(48)52)56-51(59(50,7)8)38-53(49-36-27-39-19-15-16-24-46(39)54(49)56)61(43-22-13-10-14-23-43)45-34-30-41(31-35-45)58(4,5)6/h9-38H,1-8H3. The van der Waals surface area contributed by atoms with Crippen LogP contribution in [0.1, 0.15) is 77.6 Å². The minimum absolute atomic E-state index is 0.0543. The lowest BCUT2D eigenvalue weighted by Crippen LogP contribution is -2.18. The summed E-state index contributed by atoms with van der Waals surface area (Å²) in [5, 5.41) is 7.57. The molecule has 9 aromatic carbocycles. The first-order chi connectivity index (χ1) is 29.3. The molecule has 2 heteroatoms. The average molecular weight is 791 g/mol. The van der Waals surface area contributed by atoms with Gasteiger partial charge in [0.05, 0.1) is 11.4 Å². The Balaban J connectivity index is 1.28. The number of benzene rings is 9. The van der Waals surface area contributed by atoms with Gasteiger partial charge in [0.25, 0.3) is 0 Å². The maximum atomic E-state index is 2.52. The Morgan fingerprint density at radius 1 is 0.361 bits per heavy atom. The Bertz CT molecular complexity index is 3090. The predicted molar refractivity (Wildman–Crippen MR) is 263 cm³/mol. The van der Waals surface area contributed by atoms with Crippen molar-refractivity contribution in [2.24, 2.45) is 0 Å². The first-order valence-electron chi connectivity index (χ1n) is 21.8. The van der Waals surface area contributed by atoms with E-state index in [1.54, 1.807) is 0 Å². The third-order valence-corrected chi connectivity index (χ3v) is 13.1. The second-order valence-electron chi connectivity index (χ2n) is 19.5. The topological polar surface area (TPSA) is 6.48 Å². The van der Waals surface area contributed by atoms with E-state index in [4.69, 9.17) is 0 Å². The molecule has 0 spiro atoms. The minimum Gasteiger partial charge on any atom is -0.310 e. The van der Waals surface area contributed by atoms with Crippen molar-refractivity contribution in [2.75, 3.05) is 9.80 Å². The molecule has 0 radical (unpaired) electrons. The highest BCUT2D eigenvalue weighted by Crippen LogP contribution is 2.59. The van der Waals surface area contributed by atoms with Gasteiger partial charge >= 0.3 is 0 Å². The van der Waals surface area contributed by atoms with Gasteiger partial charge in [-0.25, -0.2) is 0 Å². The van der Waals surface area contributed by atoms with Crippen LogP contribution in [0.4, 0.5) is 34.1 Å². The highest BCUT2D eigenvalue weighted by molar-refractivity contribution is 6.24. The number of para-hydroxylation sites is 2. The van der Waals surface area contributed by atoms with Gasteiger partial charge in [-0.1, -0.05) is 177 Å². The van der Waals surface area contributed by atoms with Crippen LogP contribution >= 0.6 is 0 Å². The minimum atomic E-state index is -0.333. The molecule has 1 aliphatic rings. The molecule has 0 aliphatic heterocycles. The van der Waals surface area contributed by atoms with Gasteiger partial charge < -0.3 is 9.80 Å². The zero-order valence-electron chi connectivity index (χ0n) is 36.7. The Hall–Kier alpha value is -6.64. The summed E-state index contributed by atoms with van der Waals surface area (Å²) in [7, 11) is 0. The van der Waals surface area contributed by atoms with E-state index in [0.717, 1.165) is 22.7 Å². The summed E-state index contributed by atoms with van der Waals surface area (Å²) in [5.74, 6) is 0. The van der Waals surface area contributed by atoms with Gasteiger partial charge in [-0.3, -0.25) is 0 Å². The lowest BCUT2D eigenvalue weighted by atomic mass is 9.80. The van der Waals surface area contributed by atoms with Crippen molar-refractivity contribution in [1.29, 1.82) is 0 Å². The number of hydrogen-bond donors (Lipinski definition) is 0. The summed E-state index contributed by atoms with van der Waals surface area (Å²) >= 11 is 0. The van der Waals surface area contributed by atoms with E-state index in [2.05, 4.69) is 247 Å². The Kier molecular flexibility index (Phi) is 9.00. The zero-order valence-corrected chi connectivity index (χ0v) is 36.7. The molecule has 0 saturated carbocycles. The molecule has 300 valence electrons. The molecule has 0 N–H and O–H groups in total. The molecule has 0 fully saturated rings. The van der Waals surface area contributed by atoms with Crippen LogP contribution in [-0.4, -0.2) is 0 Å². The quantitative estimate of drug-likeness (QED) is 0.155. The maximum absolute atomic E-state index is 2.52. The molecule has 9 aromatic rings. The summed E-state index contributed by atoms with van der Waals surface area (Å²) in [6, 6.07) is 67.9. The van der Waals surface area contributed by atoms with E-state index >= 15 is 0 Å². The number of nitrogens with zero attached hydrogens (tertiary/aromatic N) is 2. The van der Waals surface area contributed by atoms with E-state index in [9.17, 15) is 0 Å². The summed E-state index contributed by atoms with van der Waals surface area (Å²) in [4.78, 5) is 4.94. The smallest absolute Gasteiger partial charge is 0.0543 e. The van der Waals surface area contributed by atoms with Gasteiger partial charge in [0.15, 0.2) is 0 Å². The van der Waals surface area contributed by atoms with Gasteiger partial charge in [-0.15, -0.1) is 0 Å². The first kappa shape index (κ1) is 38.6. The maximum Gasteiger partial charge on any atom is 0.0543 e. The van der Waals surface area contributed by atoms with Crippen LogP contribution in [-0.2, 0) is 16.2 Å². The second kappa shape index (κ2) is 14.2. The van der Waals surface area contributed by atoms with Crippen molar-refractivity contribution in [3.05, 3.63) is 204 Å². The zero-order chi connectivity index (χ0) is 42.3. The lowest BCUT2D eigenvalue weighted by molar-refractivity contribution is 0.590. The molecular weight excluding hydrogens is 737 g/mol. The van der Waals surface area contributed by atoms with E-state index < -0.39 is 0 Å². The Labute approximate surface area is 361 Å². The summed E-state index contributed by atoms with van der Waals surface area (Å²) in [5.41, 5.74) is 14.7. The van der Waals surface area contributed by atoms with Crippen molar-refractivity contribution in [2.45, 2.75) is 71.6 Å². The van der Waals surface area contributed by atoms with Crippen molar-refractivity contribution in [3.8, 4) is 11.1 Å². The second-order valence-corrected chi connectivity index (χ2v) is 19.5. The molecular formula is C59H54N2. The van der Waals surface area contributed by atoms with Crippen LogP contribution in [0.5, 0.6) is 0 Å².